The highest BCUT2D eigenvalue weighted by molar-refractivity contribution is 5.64. The summed E-state index contributed by atoms with van der Waals surface area (Å²) >= 11 is 0. The third-order valence-corrected chi connectivity index (χ3v) is 3.34. The van der Waals surface area contributed by atoms with Gasteiger partial charge in [-0.15, -0.1) is 0 Å². The van der Waals surface area contributed by atoms with Gasteiger partial charge in [-0.2, -0.15) is 13.2 Å². The van der Waals surface area contributed by atoms with Crippen LogP contribution >= 0.6 is 0 Å². The van der Waals surface area contributed by atoms with Crippen LogP contribution < -0.4 is 0 Å². The molecule has 0 N–H and O–H groups in total. The van der Waals surface area contributed by atoms with E-state index in [0.29, 0.717) is 6.61 Å². The second-order valence-electron chi connectivity index (χ2n) is 5.44. The van der Waals surface area contributed by atoms with Crippen LogP contribution in [-0.2, 0) is 17.3 Å². The van der Waals surface area contributed by atoms with Crippen LogP contribution in [0, 0.1) is 0 Å². The van der Waals surface area contributed by atoms with Crippen LogP contribution in [0.2, 0.25) is 0 Å². The highest BCUT2D eigenvalue weighted by Crippen LogP contribution is 2.31. The molecule has 0 radical (unpaired) electrons. The lowest BCUT2D eigenvalue weighted by Gasteiger charge is -2.09. The third-order valence-electron chi connectivity index (χ3n) is 3.34. The van der Waals surface area contributed by atoms with E-state index in [4.69, 9.17) is 4.74 Å². The van der Waals surface area contributed by atoms with Gasteiger partial charge >= 0.3 is 6.18 Å². The molecular weight excluding hydrogens is 289 g/mol. The number of rotatable bonds is 5. The van der Waals surface area contributed by atoms with E-state index in [9.17, 15) is 13.2 Å². The van der Waals surface area contributed by atoms with Crippen molar-refractivity contribution >= 4 is 0 Å². The molecule has 4 heteroatoms. The van der Waals surface area contributed by atoms with Gasteiger partial charge in [0.1, 0.15) is 0 Å². The minimum atomic E-state index is -4.29. The van der Waals surface area contributed by atoms with Gasteiger partial charge in [-0.25, -0.2) is 0 Å². The molecule has 0 fully saturated rings. The van der Waals surface area contributed by atoms with Crippen LogP contribution in [0.25, 0.3) is 11.1 Å². The van der Waals surface area contributed by atoms with Crippen molar-refractivity contribution in [2.75, 3.05) is 6.61 Å². The van der Waals surface area contributed by atoms with Gasteiger partial charge in [0.25, 0.3) is 0 Å². The summed E-state index contributed by atoms with van der Waals surface area (Å²) in [6.45, 7) is 4.65. The summed E-state index contributed by atoms with van der Waals surface area (Å²) in [5.41, 5.74) is 2.20. The molecule has 0 heterocycles. The van der Waals surface area contributed by atoms with E-state index in [-0.39, 0.29) is 6.10 Å². The van der Waals surface area contributed by atoms with E-state index in [0.717, 1.165) is 35.2 Å². The van der Waals surface area contributed by atoms with E-state index >= 15 is 0 Å². The lowest BCUT2D eigenvalue weighted by atomic mass is 10.0. The van der Waals surface area contributed by atoms with Crippen molar-refractivity contribution in [3.63, 3.8) is 0 Å². The highest BCUT2D eigenvalue weighted by atomic mass is 19.4. The molecule has 2 rings (SSSR count). The normalized spacial score (nSPS) is 11.9. The van der Waals surface area contributed by atoms with Gasteiger partial charge in [0.05, 0.1) is 18.3 Å². The van der Waals surface area contributed by atoms with Crippen LogP contribution in [0.3, 0.4) is 0 Å². The molecule has 0 aliphatic carbocycles. The molecule has 0 saturated heterocycles. The first-order valence-corrected chi connectivity index (χ1v) is 7.24. The molecule has 0 aliphatic heterocycles. The second kappa shape index (κ2) is 6.97. The van der Waals surface area contributed by atoms with Gasteiger partial charge in [-0.05, 0) is 49.1 Å². The van der Waals surface area contributed by atoms with E-state index in [1.165, 1.54) is 12.1 Å². The summed E-state index contributed by atoms with van der Waals surface area (Å²) in [4.78, 5) is 0. The molecule has 0 atom stereocenters. The topological polar surface area (TPSA) is 9.23 Å². The Labute approximate surface area is 128 Å². The maximum absolute atomic E-state index is 12.5. The van der Waals surface area contributed by atoms with Crippen LogP contribution in [0.5, 0.6) is 0 Å². The van der Waals surface area contributed by atoms with Gasteiger partial charge in [-0.3, -0.25) is 0 Å². The van der Waals surface area contributed by atoms with Crippen LogP contribution in [0.1, 0.15) is 25.0 Å². The number of ether oxygens (including phenoxy) is 1. The highest BCUT2D eigenvalue weighted by Gasteiger charge is 2.29. The first-order valence-electron chi connectivity index (χ1n) is 7.24. The molecule has 0 aliphatic rings. The summed E-state index contributed by atoms with van der Waals surface area (Å²) in [5, 5.41) is 0. The number of alkyl halides is 3. The van der Waals surface area contributed by atoms with Crippen molar-refractivity contribution in [3.05, 3.63) is 59.7 Å². The smallest absolute Gasteiger partial charge is 0.378 e. The van der Waals surface area contributed by atoms with Gasteiger partial charge in [0.2, 0.25) is 0 Å². The van der Waals surface area contributed by atoms with Crippen molar-refractivity contribution < 1.29 is 17.9 Å². The number of hydrogen-bond donors (Lipinski definition) is 0. The summed E-state index contributed by atoms with van der Waals surface area (Å²) in [6.07, 6.45) is -3.25. The van der Waals surface area contributed by atoms with Crippen LogP contribution in [0.4, 0.5) is 13.2 Å². The molecule has 2 aromatic rings. The van der Waals surface area contributed by atoms with Crippen molar-refractivity contribution in [1.29, 1.82) is 0 Å². The third kappa shape index (κ3) is 4.60. The molecule has 0 bridgehead atoms. The monoisotopic (exact) mass is 308 g/mol. The first-order chi connectivity index (χ1) is 10.4. The Bertz CT molecular complexity index is 583. The van der Waals surface area contributed by atoms with E-state index in [1.54, 1.807) is 0 Å². The summed E-state index contributed by atoms with van der Waals surface area (Å²) in [7, 11) is 0. The maximum Gasteiger partial charge on any atom is 0.416 e. The first kappa shape index (κ1) is 16.6. The molecule has 0 unspecified atom stereocenters. The Balaban J connectivity index is 2.04. The zero-order valence-corrected chi connectivity index (χ0v) is 12.7. The van der Waals surface area contributed by atoms with E-state index < -0.39 is 11.7 Å². The van der Waals surface area contributed by atoms with Crippen molar-refractivity contribution in [2.45, 2.75) is 32.5 Å². The van der Waals surface area contributed by atoms with E-state index in [1.807, 2.05) is 38.1 Å². The zero-order chi connectivity index (χ0) is 16.2. The number of hydrogen-bond acceptors (Lipinski definition) is 1. The van der Waals surface area contributed by atoms with Crippen molar-refractivity contribution in [3.8, 4) is 11.1 Å². The summed E-state index contributed by atoms with van der Waals surface area (Å²) < 4.78 is 43.1. The number of halogens is 3. The lowest BCUT2D eigenvalue weighted by molar-refractivity contribution is -0.137. The molecule has 22 heavy (non-hydrogen) atoms. The van der Waals surface area contributed by atoms with Gasteiger partial charge in [0.15, 0.2) is 0 Å². The van der Waals surface area contributed by atoms with Gasteiger partial charge in [-0.1, -0.05) is 36.4 Å². The quantitative estimate of drug-likeness (QED) is 0.724. The summed E-state index contributed by atoms with van der Waals surface area (Å²) in [5.74, 6) is 0. The Hall–Kier alpha value is -1.81. The number of benzene rings is 2. The second-order valence-corrected chi connectivity index (χ2v) is 5.44. The standard InChI is InChI=1S/C18H19F3O/c1-13(2)22-12-11-14-3-5-15(6-4-14)16-7-9-17(10-8-16)18(19,20)21/h3-10,13H,11-12H2,1-2H3. The van der Waals surface area contributed by atoms with Gasteiger partial charge in [0, 0.05) is 0 Å². The molecule has 0 saturated carbocycles. The van der Waals surface area contributed by atoms with Crippen molar-refractivity contribution in [1.82, 2.24) is 0 Å². The van der Waals surface area contributed by atoms with Crippen LogP contribution in [0.15, 0.2) is 48.5 Å². The predicted molar refractivity (Wildman–Crippen MR) is 81.7 cm³/mol. The lowest BCUT2D eigenvalue weighted by Crippen LogP contribution is -2.05. The molecule has 118 valence electrons. The Morgan fingerprint density at radius 3 is 1.82 bits per heavy atom. The average Bonchev–Trinajstić information content (AvgIpc) is 2.47. The minimum absolute atomic E-state index is 0.214. The fourth-order valence-corrected chi connectivity index (χ4v) is 2.13. The minimum Gasteiger partial charge on any atom is -0.378 e. The largest absolute Gasteiger partial charge is 0.416 e. The Morgan fingerprint density at radius 2 is 1.36 bits per heavy atom. The molecule has 0 amide bonds. The SMILES string of the molecule is CC(C)OCCc1ccc(-c2ccc(C(F)(F)F)cc2)cc1. The zero-order valence-electron chi connectivity index (χ0n) is 12.7. The molecule has 0 spiro atoms. The Kier molecular flexibility index (Phi) is 5.24. The molecule has 0 aromatic heterocycles. The van der Waals surface area contributed by atoms with Crippen LogP contribution in [-0.4, -0.2) is 12.7 Å². The van der Waals surface area contributed by atoms with E-state index in [2.05, 4.69) is 0 Å². The fourth-order valence-electron chi connectivity index (χ4n) is 2.13. The average molecular weight is 308 g/mol. The maximum atomic E-state index is 12.5. The summed E-state index contributed by atoms with van der Waals surface area (Å²) in [6, 6.07) is 13.0. The molecule has 1 nitrogen and oxygen atoms in total. The molecular formula is C18H19F3O. The van der Waals surface area contributed by atoms with Crippen molar-refractivity contribution in [2.24, 2.45) is 0 Å². The molecule has 2 aromatic carbocycles. The fraction of sp³-hybridized carbons (Fsp3) is 0.333. The van der Waals surface area contributed by atoms with Gasteiger partial charge < -0.3 is 4.74 Å². The Morgan fingerprint density at radius 1 is 0.864 bits per heavy atom. The predicted octanol–water partition coefficient (Wildman–Crippen LogP) is 5.34.